The van der Waals surface area contributed by atoms with Crippen LogP contribution in [0.1, 0.15) is 0 Å². The molecular weight excluding hydrogens is 216 g/mol. The van der Waals surface area contributed by atoms with Crippen molar-refractivity contribution in [3.63, 3.8) is 0 Å². The van der Waals surface area contributed by atoms with Crippen LogP contribution in [0.15, 0.2) is 30.3 Å². The summed E-state index contributed by atoms with van der Waals surface area (Å²) in [4.78, 5) is 0. The zero-order chi connectivity index (χ0) is 11.8. The van der Waals surface area contributed by atoms with Crippen LogP contribution in [-0.2, 0) is 0 Å². The first kappa shape index (κ1) is 12.9. The van der Waals surface area contributed by atoms with E-state index in [0.717, 1.165) is 5.75 Å². The highest BCUT2D eigenvalue weighted by molar-refractivity contribution is 5.20. The monoisotopic (exact) mass is 231 g/mol. The van der Waals surface area contributed by atoms with Crippen LogP contribution in [0, 0.1) is 0 Å². The van der Waals surface area contributed by atoms with Gasteiger partial charge in [-0.2, -0.15) is 0 Å². The van der Waals surface area contributed by atoms with Gasteiger partial charge in [-0.3, -0.25) is 0 Å². The smallest absolute Gasteiger partial charge is 0.265 e. The molecule has 1 atom stereocenters. The molecule has 0 aliphatic heterocycles. The van der Waals surface area contributed by atoms with Crippen molar-refractivity contribution in [3.8, 4) is 5.75 Å². The highest BCUT2D eigenvalue weighted by Crippen LogP contribution is 2.07. The molecule has 0 saturated heterocycles. The number of para-hydroxylation sites is 1. The molecular formula is C11H15F2NO2. The lowest BCUT2D eigenvalue weighted by Crippen LogP contribution is -2.34. The number of aliphatic hydroxyl groups excluding tert-OH is 1. The predicted molar refractivity (Wildman–Crippen MR) is 56.8 cm³/mol. The molecule has 90 valence electrons. The lowest BCUT2D eigenvalue weighted by Gasteiger charge is -2.11. The Bertz CT molecular complexity index is 283. The van der Waals surface area contributed by atoms with Crippen LogP contribution in [0.4, 0.5) is 8.78 Å². The molecule has 1 unspecified atom stereocenters. The number of alkyl halides is 2. The second kappa shape index (κ2) is 7.14. The van der Waals surface area contributed by atoms with E-state index in [1.165, 1.54) is 0 Å². The third kappa shape index (κ3) is 5.04. The van der Waals surface area contributed by atoms with Gasteiger partial charge in [-0.15, -0.1) is 0 Å². The lowest BCUT2D eigenvalue weighted by molar-refractivity contribution is -0.00346. The van der Waals surface area contributed by atoms with Crippen molar-refractivity contribution in [2.75, 3.05) is 19.7 Å². The van der Waals surface area contributed by atoms with Gasteiger partial charge in [-0.05, 0) is 12.1 Å². The Morgan fingerprint density at radius 2 is 1.94 bits per heavy atom. The SMILES string of the molecule is OC(CNCCOc1ccccc1)C(F)F. The second-order valence-corrected chi connectivity index (χ2v) is 3.27. The molecule has 1 aromatic carbocycles. The lowest BCUT2D eigenvalue weighted by atomic mass is 10.3. The number of hydrogen-bond donors (Lipinski definition) is 2. The first-order valence-electron chi connectivity index (χ1n) is 5.05. The fraction of sp³-hybridized carbons (Fsp3) is 0.455. The van der Waals surface area contributed by atoms with E-state index in [0.29, 0.717) is 13.2 Å². The van der Waals surface area contributed by atoms with Gasteiger partial charge in [0, 0.05) is 13.1 Å². The van der Waals surface area contributed by atoms with Crippen LogP contribution < -0.4 is 10.1 Å². The van der Waals surface area contributed by atoms with Gasteiger partial charge in [-0.1, -0.05) is 18.2 Å². The van der Waals surface area contributed by atoms with Gasteiger partial charge in [0.15, 0.2) is 0 Å². The third-order valence-electron chi connectivity index (χ3n) is 1.94. The van der Waals surface area contributed by atoms with E-state index in [1.54, 1.807) is 0 Å². The van der Waals surface area contributed by atoms with Crippen LogP contribution in [0.3, 0.4) is 0 Å². The molecule has 0 heterocycles. The summed E-state index contributed by atoms with van der Waals surface area (Å²) in [5.74, 6) is 0.735. The molecule has 3 nitrogen and oxygen atoms in total. The zero-order valence-electron chi connectivity index (χ0n) is 8.77. The summed E-state index contributed by atoms with van der Waals surface area (Å²) in [5, 5.41) is 11.5. The Morgan fingerprint density at radius 1 is 1.25 bits per heavy atom. The van der Waals surface area contributed by atoms with Gasteiger partial charge < -0.3 is 15.2 Å². The normalized spacial score (nSPS) is 12.8. The maximum Gasteiger partial charge on any atom is 0.265 e. The molecule has 0 aromatic heterocycles. The average Bonchev–Trinajstić information content (AvgIpc) is 2.29. The minimum absolute atomic E-state index is 0.129. The van der Waals surface area contributed by atoms with E-state index in [-0.39, 0.29) is 6.54 Å². The second-order valence-electron chi connectivity index (χ2n) is 3.27. The van der Waals surface area contributed by atoms with Gasteiger partial charge in [-0.25, -0.2) is 8.78 Å². The summed E-state index contributed by atoms with van der Waals surface area (Å²) in [6.07, 6.45) is -4.32. The van der Waals surface area contributed by atoms with Crippen LogP contribution in [-0.4, -0.2) is 37.3 Å². The molecule has 16 heavy (non-hydrogen) atoms. The van der Waals surface area contributed by atoms with Crippen LogP contribution >= 0.6 is 0 Å². The van der Waals surface area contributed by atoms with Gasteiger partial charge in [0.2, 0.25) is 0 Å². The van der Waals surface area contributed by atoms with E-state index in [4.69, 9.17) is 9.84 Å². The van der Waals surface area contributed by atoms with Gasteiger partial charge in [0.25, 0.3) is 6.43 Å². The maximum atomic E-state index is 11.9. The van der Waals surface area contributed by atoms with E-state index in [9.17, 15) is 8.78 Å². The standard InChI is InChI=1S/C11H15F2NO2/c12-11(13)10(15)8-14-6-7-16-9-4-2-1-3-5-9/h1-5,10-11,14-15H,6-8H2. The number of benzene rings is 1. The predicted octanol–water partition coefficient (Wildman–Crippen LogP) is 1.28. The number of ether oxygens (including phenoxy) is 1. The summed E-state index contributed by atoms with van der Waals surface area (Å²) in [7, 11) is 0. The van der Waals surface area contributed by atoms with Crippen molar-refractivity contribution in [3.05, 3.63) is 30.3 Å². The van der Waals surface area contributed by atoms with Crippen LogP contribution in [0.5, 0.6) is 5.75 Å². The Balaban J connectivity index is 2.04. The Kier molecular flexibility index (Phi) is 5.74. The summed E-state index contributed by atoms with van der Waals surface area (Å²) >= 11 is 0. The molecule has 0 amide bonds. The molecule has 2 N–H and O–H groups in total. The first-order valence-corrected chi connectivity index (χ1v) is 5.05. The van der Waals surface area contributed by atoms with E-state index < -0.39 is 12.5 Å². The number of aliphatic hydroxyl groups is 1. The Labute approximate surface area is 93.0 Å². The molecule has 0 aliphatic rings. The number of rotatable bonds is 7. The highest BCUT2D eigenvalue weighted by atomic mass is 19.3. The minimum Gasteiger partial charge on any atom is -0.492 e. The van der Waals surface area contributed by atoms with Gasteiger partial charge >= 0.3 is 0 Å². The Morgan fingerprint density at radius 3 is 2.56 bits per heavy atom. The fourth-order valence-corrected chi connectivity index (χ4v) is 1.10. The van der Waals surface area contributed by atoms with Crippen molar-refractivity contribution in [2.45, 2.75) is 12.5 Å². The Hall–Kier alpha value is -1.20. The molecule has 5 heteroatoms. The van der Waals surface area contributed by atoms with E-state index >= 15 is 0 Å². The molecule has 1 aromatic rings. The molecule has 0 aliphatic carbocycles. The van der Waals surface area contributed by atoms with Crippen LogP contribution in [0.25, 0.3) is 0 Å². The zero-order valence-corrected chi connectivity index (χ0v) is 8.77. The minimum atomic E-state index is -2.71. The van der Waals surface area contributed by atoms with Gasteiger partial charge in [0.05, 0.1) is 0 Å². The van der Waals surface area contributed by atoms with Crippen molar-refractivity contribution in [1.29, 1.82) is 0 Å². The maximum absolute atomic E-state index is 11.9. The largest absolute Gasteiger partial charge is 0.492 e. The summed E-state index contributed by atoms with van der Waals surface area (Å²) in [6.45, 7) is 0.661. The molecule has 0 saturated carbocycles. The molecule has 0 spiro atoms. The van der Waals surface area contributed by atoms with Crippen molar-refractivity contribution in [1.82, 2.24) is 5.32 Å². The first-order chi connectivity index (χ1) is 7.70. The number of nitrogens with one attached hydrogen (secondary N) is 1. The molecule has 1 rings (SSSR count). The molecule has 0 radical (unpaired) electrons. The van der Waals surface area contributed by atoms with E-state index in [2.05, 4.69) is 5.32 Å². The number of halogens is 2. The number of hydrogen-bond acceptors (Lipinski definition) is 3. The summed E-state index contributed by atoms with van der Waals surface area (Å²) in [5.41, 5.74) is 0. The highest BCUT2D eigenvalue weighted by Gasteiger charge is 2.15. The molecule has 0 fully saturated rings. The summed E-state index contributed by atoms with van der Waals surface area (Å²) in [6, 6.07) is 9.21. The van der Waals surface area contributed by atoms with Crippen molar-refractivity contribution < 1.29 is 18.6 Å². The van der Waals surface area contributed by atoms with Crippen LogP contribution in [0.2, 0.25) is 0 Å². The van der Waals surface area contributed by atoms with Crippen molar-refractivity contribution in [2.24, 2.45) is 0 Å². The summed E-state index contributed by atoms with van der Waals surface area (Å²) < 4.78 is 29.1. The quantitative estimate of drug-likeness (QED) is 0.695. The average molecular weight is 231 g/mol. The topological polar surface area (TPSA) is 41.5 Å². The fourth-order valence-electron chi connectivity index (χ4n) is 1.10. The van der Waals surface area contributed by atoms with E-state index in [1.807, 2.05) is 30.3 Å². The van der Waals surface area contributed by atoms with Crippen molar-refractivity contribution >= 4 is 0 Å². The molecule has 0 bridgehead atoms. The van der Waals surface area contributed by atoms with Gasteiger partial charge in [0.1, 0.15) is 18.5 Å². The third-order valence-corrected chi connectivity index (χ3v) is 1.94.